The van der Waals surface area contributed by atoms with Crippen molar-refractivity contribution in [3.63, 3.8) is 0 Å². The first-order chi connectivity index (χ1) is 13.5. The highest BCUT2D eigenvalue weighted by atomic mass is 32.1. The van der Waals surface area contributed by atoms with E-state index in [1.54, 1.807) is 16.8 Å². The molecule has 3 rings (SSSR count). The number of aromatic nitrogens is 2. The summed E-state index contributed by atoms with van der Waals surface area (Å²) in [7, 11) is 2.03. The Balaban J connectivity index is 1.70. The van der Waals surface area contributed by atoms with Crippen LogP contribution in [0.4, 0.5) is 5.69 Å². The van der Waals surface area contributed by atoms with Crippen LogP contribution < -0.4 is 9.64 Å². The maximum absolute atomic E-state index is 11.0. The molecule has 28 heavy (non-hydrogen) atoms. The molecule has 1 aromatic heterocycles. The van der Waals surface area contributed by atoms with Crippen molar-refractivity contribution in [2.24, 2.45) is 0 Å². The molecule has 1 heterocycles. The smallest absolute Gasteiger partial charge is 0.292 e. The van der Waals surface area contributed by atoms with Gasteiger partial charge in [-0.15, -0.1) is 5.10 Å². The first-order valence-corrected chi connectivity index (χ1v) is 9.23. The largest absolute Gasteiger partial charge is 0.494 e. The van der Waals surface area contributed by atoms with E-state index in [1.807, 2.05) is 38.2 Å². The number of non-ortho nitro benzene ring substituents is 1. The number of ether oxygens (including phenoxy) is 1. The van der Waals surface area contributed by atoms with Gasteiger partial charge in [0.2, 0.25) is 5.89 Å². The lowest BCUT2D eigenvalue weighted by Gasteiger charge is -2.13. The molecule has 2 aromatic carbocycles. The summed E-state index contributed by atoms with van der Waals surface area (Å²) in [5.41, 5.74) is 1.66. The van der Waals surface area contributed by atoms with E-state index in [2.05, 4.69) is 5.10 Å². The van der Waals surface area contributed by atoms with Crippen LogP contribution in [0.3, 0.4) is 0 Å². The molecule has 0 saturated heterocycles. The summed E-state index contributed by atoms with van der Waals surface area (Å²) in [4.78, 5) is 11.9. The molecule has 0 bridgehead atoms. The lowest BCUT2D eigenvalue weighted by Crippen LogP contribution is -3.07. The fourth-order valence-corrected chi connectivity index (χ4v) is 2.99. The van der Waals surface area contributed by atoms with Gasteiger partial charge in [-0.3, -0.25) is 10.1 Å². The molecule has 0 saturated carbocycles. The average Bonchev–Trinajstić information content (AvgIpc) is 3.04. The van der Waals surface area contributed by atoms with E-state index in [-0.39, 0.29) is 16.4 Å². The van der Waals surface area contributed by atoms with Crippen molar-refractivity contribution >= 4 is 17.9 Å². The first kappa shape index (κ1) is 19.7. The van der Waals surface area contributed by atoms with Gasteiger partial charge < -0.3 is 14.1 Å². The van der Waals surface area contributed by atoms with Gasteiger partial charge in [-0.2, -0.15) is 4.68 Å². The van der Waals surface area contributed by atoms with E-state index in [4.69, 9.17) is 21.4 Å². The monoisotopic (exact) mass is 401 g/mol. The van der Waals surface area contributed by atoms with E-state index in [9.17, 15) is 10.1 Å². The van der Waals surface area contributed by atoms with Gasteiger partial charge in [-0.1, -0.05) is 6.07 Å². The zero-order valence-corrected chi connectivity index (χ0v) is 16.4. The highest BCUT2D eigenvalue weighted by molar-refractivity contribution is 7.71. The van der Waals surface area contributed by atoms with Crippen LogP contribution in [0, 0.1) is 15.0 Å². The molecule has 0 fully saturated rings. The summed E-state index contributed by atoms with van der Waals surface area (Å²) in [5, 5.41) is 15.3. The van der Waals surface area contributed by atoms with Crippen molar-refractivity contribution in [3.05, 3.63) is 69.0 Å². The topological polar surface area (TPSA) is 87.8 Å². The Kier molecular flexibility index (Phi) is 6.17. The third-order valence-electron chi connectivity index (χ3n) is 4.07. The van der Waals surface area contributed by atoms with Crippen molar-refractivity contribution in [1.82, 2.24) is 9.78 Å². The van der Waals surface area contributed by atoms with Gasteiger partial charge in [0.15, 0.2) is 6.67 Å². The second kappa shape index (κ2) is 8.77. The number of benzene rings is 2. The summed E-state index contributed by atoms with van der Waals surface area (Å²) in [6, 6.07) is 14.1. The SMILES string of the molecule is CCOc1ccc(C[NH+](C)Cn2nc(-c3cccc([N+](=O)[O-])c3)oc2=S)cc1. The van der Waals surface area contributed by atoms with Crippen LogP contribution in [0.25, 0.3) is 11.5 Å². The van der Waals surface area contributed by atoms with Crippen molar-refractivity contribution < 1.29 is 19.0 Å². The zero-order chi connectivity index (χ0) is 20.1. The van der Waals surface area contributed by atoms with Crippen LogP contribution >= 0.6 is 12.2 Å². The van der Waals surface area contributed by atoms with Gasteiger partial charge in [0.05, 0.1) is 18.6 Å². The van der Waals surface area contributed by atoms with Gasteiger partial charge in [-0.05, 0) is 49.5 Å². The Morgan fingerprint density at radius 3 is 2.71 bits per heavy atom. The normalized spacial score (nSPS) is 11.9. The van der Waals surface area contributed by atoms with E-state index in [0.717, 1.165) is 22.8 Å². The third-order valence-corrected chi connectivity index (χ3v) is 4.36. The molecule has 8 nitrogen and oxygen atoms in total. The maximum atomic E-state index is 11.0. The fourth-order valence-electron chi connectivity index (χ4n) is 2.81. The highest BCUT2D eigenvalue weighted by Gasteiger charge is 2.14. The van der Waals surface area contributed by atoms with E-state index in [1.165, 1.54) is 12.1 Å². The van der Waals surface area contributed by atoms with Gasteiger partial charge >= 0.3 is 0 Å². The van der Waals surface area contributed by atoms with Crippen LogP contribution in [0.5, 0.6) is 5.75 Å². The van der Waals surface area contributed by atoms with Gasteiger partial charge in [0.25, 0.3) is 10.5 Å². The molecule has 0 aliphatic rings. The molecule has 1 N–H and O–H groups in total. The van der Waals surface area contributed by atoms with Crippen LogP contribution in [0.2, 0.25) is 0 Å². The quantitative estimate of drug-likeness (QED) is 0.355. The van der Waals surface area contributed by atoms with Crippen LogP contribution in [-0.4, -0.2) is 28.4 Å². The van der Waals surface area contributed by atoms with Crippen LogP contribution in [0.1, 0.15) is 12.5 Å². The minimum absolute atomic E-state index is 0.0218. The summed E-state index contributed by atoms with van der Waals surface area (Å²) >= 11 is 5.26. The maximum Gasteiger partial charge on any atom is 0.292 e. The number of nitro benzene ring substituents is 1. The number of rotatable bonds is 8. The number of nitro groups is 1. The lowest BCUT2D eigenvalue weighted by atomic mass is 10.2. The zero-order valence-electron chi connectivity index (χ0n) is 15.6. The predicted octanol–water partition coefficient (Wildman–Crippen LogP) is 2.85. The molecule has 0 spiro atoms. The molecule has 0 aliphatic carbocycles. The predicted molar refractivity (Wildman–Crippen MR) is 106 cm³/mol. The molecular weight excluding hydrogens is 380 g/mol. The lowest BCUT2D eigenvalue weighted by molar-refractivity contribution is -0.917. The number of nitrogens with zero attached hydrogens (tertiary/aromatic N) is 3. The average molecular weight is 401 g/mol. The van der Waals surface area contributed by atoms with Gasteiger partial charge in [0, 0.05) is 23.3 Å². The second-order valence-electron chi connectivity index (χ2n) is 6.35. The number of hydrogen-bond donors (Lipinski definition) is 1. The molecule has 0 aliphatic heterocycles. The third kappa shape index (κ3) is 4.81. The van der Waals surface area contributed by atoms with Crippen molar-refractivity contribution in [2.75, 3.05) is 13.7 Å². The van der Waals surface area contributed by atoms with Crippen molar-refractivity contribution in [1.29, 1.82) is 0 Å². The van der Waals surface area contributed by atoms with Crippen molar-refractivity contribution in [3.8, 4) is 17.2 Å². The van der Waals surface area contributed by atoms with E-state index in [0.29, 0.717) is 18.8 Å². The standard InChI is InChI=1S/C19H20N4O4S/c1-3-26-17-9-7-14(8-10-17)12-21(2)13-22-19(28)27-18(20-22)15-5-4-6-16(11-15)23(24)25/h4-11H,3,12-13H2,1-2H3/p+1. The minimum Gasteiger partial charge on any atom is -0.494 e. The molecule has 1 atom stereocenters. The summed E-state index contributed by atoms with van der Waals surface area (Å²) in [5.74, 6) is 1.12. The molecule has 1 unspecified atom stereocenters. The molecule has 146 valence electrons. The molecule has 9 heteroatoms. The summed E-state index contributed by atoms with van der Waals surface area (Å²) in [6.07, 6.45) is 0. The Morgan fingerprint density at radius 2 is 2.04 bits per heavy atom. The van der Waals surface area contributed by atoms with E-state index < -0.39 is 4.92 Å². The molecular formula is C19H21N4O4S+. The molecule has 0 radical (unpaired) electrons. The molecule has 0 amide bonds. The number of nitrogens with one attached hydrogen (secondary N) is 1. The minimum atomic E-state index is -0.455. The Hall–Kier alpha value is -3.04. The van der Waals surface area contributed by atoms with Crippen LogP contribution in [-0.2, 0) is 13.2 Å². The van der Waals surface area contributed by atoms with Crippen molar-refractivity contribution in [2.45, 2.75) is 20.1 Å². The molecule has 3 aromatic rings. The number of quaternary nitrogens is 1. The number of hydrogen-bond acceptors (Lipinski definition) is 6. The second-order valence-corrected chi connectivity index (χ2v) is 6.70. The van der Waals surface area contributed by atoms with Gasteiger partial charge in [0.1, 0.15) is 12.3 Å². The first-order valence-electron chi connectivity index (χ1n) is 8.82. The fraction of sp³-hybridized carbons (Fsp3) is 0.263. The Labute approximate surface area is 167 Å². The summed E-state index contributed by atoms with van der Waals surface area (Å²) in [6.45, 7) is 3.87. The highest BCUT2D eigenvalue weighted by Crippen LogP contribution is 2.22. The summed E-state index contributed by atoms with van der Waals surface area (Å²) < 4.78 is 12.6. The van der Waals surface area contributed by atoms with E-state index >= 15 is 0 Å². The Bertz CT molecular complexity index is 1010. The Morgan fingerprint density at radius 1 is 1.29 bits per heavy atom. The van der Waals surface area contributed by atoms with Gasteiger partial charge in [-0.25, -0.2) is 0 Å². The van der Waals surface area contributed by atoms with Crippen LogP contribution in [0.15, 0.2) is 52.9 Å².